The van der Waals surface area contributed by atoms with Crippen molar-refractivity contribution in [1.82, 2.24) is 10.3 Å². The Balaban J connectivity index is 1.37. The van der Waals surface area contributed by atoms with Gasteiger partial charge in [-0.25, -0.2) is 0 Å². The second-order valence-corrected chi connectivity index (χ2v) is 5.63. The van der Waals surface area contributed by atoms with Crippen LogP contribution in [-0.4, -0.2) is 30.6 Å². The number of benzene rings is 1. The van der Waals surface area contributed by atoms with E-state index in [2.05, 4.69) is 15.6 Å². The summed E-state index contributed by atoms with van der Waals surface area (Å²) in [7, 11) is 0. The van der Waals surface area contributed by atoms with Crippen LogP contribution in [0.2, 0.25) is 0 Å². The molecule has 5 nitrogen and oxygen atoms in total. The Morgan fingerprint density at radius 1 is 1.22 bits per heavy atom. The third-order valence-corrected chi connectivity index (χ3v) is 3.89. The van der Waals surface area contributed by atoms with Crippen LogP contribution in [-0.2, 0) is 11.2 Å². The maximum Gasteiger partial charge on any atom is 0.226 e. The van der Waals surface area contributed by atoms with Crippen molar-refractivity contribution in [2.45, 2.75) is 12.8 Å². The molecule has 1 aliphatic rings. The highest BCUT2D eigenvalue weighted by Crippen LogP contribution is 2.26. The van der Waals surface area contributed by atoms with Crippen LogP contribution in [0.3, 0.4) is 0 Å². The summed E-state index contributed by atoms with van der Waals surface area (Å²) in [5, 5.41) is 6.27. The van der Waals surface area contributed by atoms with E-state index >= 15 is 0 Å². The van der Waals surface area contributed by atoms with Gasteiger partial charge in [0.2, 0.25) is 5.91 Å². The number of anilines is 1. The lowest BCUT2D eigenvalue weighted by atomic mass is 9.96. The van der Waals surface area contributed by atoms with Crippen LogP contribution in [0.25, 0.3) is 0 Å². The topological polar surface area (TPSA) is 63.2 Å². The number of aromatic nitrogens is 1. The van der Waals surface area contributed by atoms with E-state index in [9.17, 15) is 4.79 Å². The summed E-state index contributed by atoms with van der Waals surface area (Å²) in [5.41, 5.74) is 2.10. The van der Waals surface area contributed by atoms with Gasteiger partial charge < -0.3 is 15.4 Å². The SMILES string of the molecule is O=C(NCCCNc1cccnc1)[C@H]1COc2ccccc2C1. The van der Waals surface area contributed by atoms with Gasteiger partial charge in [-0.15, -0.1) is 0 Å². The van der Waals surface area contributed by atoms with Gasteiger partial charge in [0.05, 0.1) is 11.6 Å². The number of carbonyl (C=O) groups is 1. The Morgan fingerprint density at radius 3 is 3.00 bits per heavy atom. The predicted octanol–water partition coefficient (Wildman–Crippen LogP) is 2.25. The first-order chi connectivity index (χ1) is 11.3. The van der Waals surface area contributed by atoms with Gasteiger partial charge in [-0.05, 0) is 36.6 Å². The predicted molar refractivity (Wildman–Crippen MR) is 89.5 cm³/mol. The molecule has 0 bridgehead atoms. The zero-order valence-corrected chi connectivity index (χ0v) is 13.0. The zero-order chi connectivity index (χ0) is 15.9. The number of nitrogens with zero attached hydrogens (tertiary/aromatic N) is 1. The molecule has 2 aromatic rings. The number of rotatable bonds is 6. The van der Waals surface area contributed by atoms with Gasteiger partial charge in [0.25, 0.3) is 0 Å². The molecule has 5 heteroatoms. The number of carbonyl (C=O) groups excluding carboxylic acids is 1. The molecule has 0 radical (unpaired) electrons. The largest absolute Gasteiger partial charge is 0.492 e. The summed E-state index contributed by atoms with van der Waals surface area (Å²) in [4.78, 5) is 16.3. The lowest BCUT2D eigenvalue weighted by Crippen LogP contribution is -2.38. The van der Waals surface area contributed by atoms with Crippen molar-refractivity contribution in [2.75, 3.05) is 25.0 Å². The molecule has 0 unspecified atom stereocenters. The molecule has 3 rings (SSSR count). The summed E-state index contributed by atoms with van der Waals surface area (Å²) in [6.07, 6.45) is 5.14. The van der Waals surface area contributed by atoms with Crippen LogP contribution < -0.4 is 15.4 Å². The molecule has 1 aromatic heterocycles. The molecule has 0 saturated heterocycles. The van der Waals surface area contributed by atoms with Gasteiger partial charge in [-0.2, -0.15) is 0 Å². The number of pyridine rings is 1. The standard InChI is InChI=1S/C18H21N3O2/c22-18(15-11-14-5-1-2-7-17(14)23-13-15)21-10-4-9-20-16-6-3-8-19-12-16/h1-3,5-8,12,15,20H,4,9-11,13H2,(H,21,22)/t15-/m1/s1. The second kappa shape index (κ2) is 7.63. The van der Waals surface area contributed by atoms with Crippen LogP contribution in [0.15, 0.2) is 48.8 Å². The summed E-state index contributed by atoms with van der Waals surface area (Å²) in [6, 6.07) is 11.8. The van der Waals surface area contributed by atoms with E-state index in [1.807, 2.05) is 36.4 Å². The Hall–Kier alpha value is -2.56. The van der Waals surface area contributed by atoms with Crippen LogP contribution in [0.4, 0.5) is 5.69 Å². The fraction of sp³-hybridized carbons (Fsp3) is 0.333. The van der Waals surface area contributed by atoms with E-state index in [0.29, 0.717) is 13.2 Å². The van der Waals surface area contributed by atoms with E-state index in [1.165, 1.54) is 0 Å². The van der Waals surface area contributed by atoms with Crippen LogP contribution in [0.1, 0.15) is 12.0 Å². The minimum absolute atomic E-state index is 0.0703. The van der Waals surface area contributed by atoms with Crippen molar-refractivity contribution in [1.29, 1.82) is 0 Å². The number of hydrogen-bond donors (Lipinski definition) is 2. The quantitative estimate of drug-likeness (QED) is 0.803. The first-order valence-electron chi connectivity index (χ1n) is 7.95. The third-order valence-electron chi connectivity index (χ3n) is 3.89. The fourth-order valence-corrected chi connectivity index (χ4v) is 2.64. The highest BCUT2D eigenvalue weighted by molar-refractivity contribution is 5.79. The van der Waals surface area contributed by atoms with Gasteiger partial charge in [-0.3, -0.25) is 9.78 Å². The Morgan fingerprint density at radius 2 is 2.13 bits per heavy atom. The van der Waals surface area contributed by atoms with Crippen LogP contribution >= 0.6 is 0 Å². The number of fused-ring (bicyclic) bond motifs is 1. The van der Waals surface area contributed by atoms with Crippen molar-refractivity contribution in [2.24, 2.45) is 5.92 Å². The van der Waals surface area contributed by atoms with Gasteiger partial charge in [-0.1, -0.05) is 18.2 Å². The number of hydrogen-bond acceptors (Lipinski definition) is 4. The minimum Gasteiger partial charge on any atom is -0.492 e. The number of ether oxygens (including phenoxy) is 1. The third kappa shape index (κ3) is 4.22. The fourth-order valence-electron chi connectivity index (χ4n) is 2.64. The molecule has 1 atom stereocenters. The molecular weight excluding hydrogens is 290 g/mol. The summed E-state index contributed by atoms with van der Waals surface area (Å²) < 4.78 is 5.66. The minimum atomic E-state index is -0.101. The number of nitrogens with one attached hydrogen (secondary N) is 2. The molecule has 0 saturated carbocycles. The molecule has 2 heterocycles. The lowest BCUT2D eigenvalue weighted by Gasteiger charge is -2.24. The molecule has 1 amide bonds. The van der Waals surface area contributed by atoms with Crippen LogP contribution in [0, 0.1) is 5.92 Å². The molecular formula is C18H21N3O2. The first-order valence-corrected chi connectivity index (χ1v) is 7.95. The lowest BCUT2D eigenvalue weighted by molar-refractivity contribution is -0.126. The molecule has 0 spiro atoms. The van der Waals surface area contributed by atoms with Crippen molar-refractivity contribution in [3.63, 3.8) is 0 Å². The smallest absolute Gasteiger partial charge is 0.226 e. The molecule has 23 heavy (non-hydrogen) atoms. The molecule has 0 aliphatic carbocycles. The number of para-hydroxylation sites is 1. The van der Waals surface area contributed by atoms with Gasteiger partial charge in [0, 0.05) is 25.5 Å². The van der Waals surface area contributed by atoms with E-state index in [1.54, 1.807) is 12.4 Å². The van der Waals surface area contributed by atoms with Crippen molar-refractivity contribution in [3.05, 3.63) is 54.4 Å². The molecule has 2 N–H and O–H groups in total. The first kappa shape index (κ1) is 15.3. The zero-order valence-electron chi connectivity index (χ0n) is 13.0. The summed E-state index contributed by atoms with van der Waals surface area (Å²) in [6.45, 7) is 1.91. The van der Waals surface area contributed by atoms with Crippen molar-refractivity contribution < 1.29 is 9.53 Å². The van der Waals surface area contributed by atoms with Gasteiger partial charge in [0.1, 0.15) is 12.4 Å². The highest BCUT2D eigenvalue weighted by atomic mass is 16.5. The maximum absolute atomic E-state index is 12.2. The molecule has 1 aliphatic heterocycles. The average Bonchev–Trinajstić information content (AvgIpc) is 2.61. The normalized spacial score (nSPS) is 16.1. The summed E-state index contributed by atoms with van der Waals surface area (Å²) in [5.74, 6) is 0.870. The monoisotopic (exact) mass is 311 g/mol. The molecule has 120 valence electrons. The Labute approximate surface area is 136 Å². The molecule has 0 fully saturated rings. The summed E-state index contributed by atoms with van der Waals surface area (Å²) >= 11 is 0. The Kier molecular flexibility index (Phi) is 5.09. The van der Waals surface area contributed by atoms with E-state index in [0.717, 1.165) is 36.4 Å². The van der Waals surface area contributed by atoms with Gasteiger partial charge in [0.15, 0.2) is 0 Å². The van der Waals surface area contributed by atoms with Crippen LogP contribution in [0.5, 0.6) is 5.75 Å². The number of amides is 1. The highest BCUT2D eigenvalue weighted by Gasteiger charge is 2.25. The van der Waals surface area contributed by atoms with E-state index < -0.39 is 0 Å². The maximum atomic E-state index is 12.2. The van der Waals surface area contributed by atoms with E-state index in [4.69, 9.17) is 4.74 Å². The van der Waals surface area contributed by atoms with Crippen molar-refractivity contribution >= 4 is 11.6 Å². The average molecular weight is 311 g/mol. The van der Waals surface area contributed by atoms with E-state index in [-0.39, 0.29) is 11.8 Å². The Bertz CT molecular complexity index is 646. The van der Waals surface area contributed by atoms with Crippen molar-refractivity contribution in [3.8, 4) is 5.75 Å². The second-order valence-electron chi connectivity index (χ2n) is 5.63. The molecule has 1 aromatic carbocycles. The van der Waals surface area contributed by atoms with Gasteiger partial charge >= 0.3 is 0 Å².